The molecule has 2 rings (SSSR count). The summed E-state index contributed by atoms with van der Waals surface area (Å²) < 4.78 is 0. The third-order valence-corrected chi connectivity index (χ3v) is 3.32. The van der Waals surface area contributed by atoms with Crippen molar-refractivity contribution in [1.82, 2.24) is 9.88 Å². The molecule has 2 aromatic rings. The van der Waals surface area contributed by atoms with Crippen LogP contribution in [0.2, 0.25) is 5.02 Å². The van der Waals surface area contributed by atoms with Crippen molar-refractivity contribution < 1.29 is 0 Å². The standard InChI is InChI=1S/C15H18ClN3/c1-19(9-7-13-4-2-3-8-18-13)11-12-5-6-15(17)14(16)10-12/h2-6,8,10H,7,9,11,17H2,1H3. The second-order valence-electron chi connectivity index (χ2n) is 4.66. The van der Waals surface area contributed by atoms with Crippen molar-refractivity contribution in [2.75, 3.05) is 19.3 Å². The Morgan fingerprint density at radius 3 is 2.79 bits per heavy atom. The van der Waals surface area contributed by atoms with Crippen LogP contribution >= 0.6 is 11.6 Å². The van der Waals surface area contributed by atoms with E-state index in [-0.39, 0.29) is 0 Å². The number of benzene rings is 1. The minimum absolute atomic E-state index is 0.621. The van der Waals surface area contributed by atoms with E-state index in [1.807, 2.05) is 42.6 Å². The molecule has 4 heteroatoms. The van der Waals surface area contributed by atoms with Crippen LogP contribution in [0.4, 0.5) is 5.69 Å². The maximum atomic E-state index is 6.02. The molecule has 0 saturated carbocycles. The maximum Gasteiger partial charge on any atom is 0.0638 e. The van der Waals surface area contributed by atoms with Crippen LogP contribution in [0, 0.1) is 0 Å². The first-order chi connectivity index (χ1) is 9.15. The van der Waals surface area contributed by atoms with E-state index in [0.29, 0.717) is 10.7 Å². The molecule has 1 aromatic carbocycles. The topological polar surface area (TPSA) is 42.2 Å². The molecule has 2 N–H and O–H groups in total. The number of rotatable bonds is 5. The van der Waals surface area contributed by atoms with E-state index in [0.717, 1.165) is 25.2 Å². The highest BCUT2D eigenvalue weighted by molar-refractivity contribution is 6.33. The molecule has 0 unspecified atom stereocenters. The lowest BCUT2D eigenvalue weighted by atomic mass is 10.2. The van der Waals surface area contributed by atoms with Gasteiger partial charge < -0.3 is 10.6 Å². The van der Waals surface area contributed by atoms with Crippen LogP contribution in [0.3, 0.4) is 0 Å². The lowest BCUT2D eigenvalue weighted by Crippen LogP contribution is -2.21. The molecule has 0 amide bonds. The van der Waals surface area contributed by atoms with Crippen LogP contribution in [0.1, 0.15) is 11.3 Å². The average molecular weight is 276 g/mol. The minimum atomic E-state index is 0.621. The Morgan fingerprint density at radius 1 is 1.26 bits per heavy atom. The molecular weight excluding hydrogens is 258 g/mol. The summed E-state index contributed by atoms with van der Waals surface area (Å²) in [7, 11) is 2.09. The molecule has 1 heterocycles. The zero-order valence-corrected chi connectivity index (χ0v) is 11.8. The van der Waals surface area contributed by atoms with Crippen molar-refractivity contribution in [2.45, 2.75) is 13.0 Å². The van der Waals surface area contributed by atoms with E-state index in [4.69, 9.17) is 17.3 Å². The van der Waals surface area contributed by atoms with Crippen LogP contribution in [0.5, 0.6) is 0 Å². The first-order valence-electron chi connectivity index (χ1n) is 6.27. The van der Waals surface area contributed by atoms with E-state index in [9.17, 15) is 0 Å². The Bertz CT molecular complexity index is 528. The second-order valence-corrected chi connectivity index (χ2v) is 5.07. The number of nitrogens with zero attached hydrogens (tertiary/aromatic N) is 2. The summed E-state index contributed by atoms with van der Waals surface area (Å²) in [5, 5.41) is 0.621. The largest absolute Gasteiger partial charge is 0.398 e. The molecule has 0 saturated heterocycles. The number of hydrogen-bond donors (Lipinski definition) is 1. The van der Waals surface area contributed by atoms with Gasteiger partial charge in [-0.2, -0.15) is 0 Å². The van der Waals surface area contributed by atoms with Gasteiger partial charge in [0, 0.05) is 31.4 Å². The minimum Gasteiger partial charge on any atom is -0.398 e. The van der Waals surface area contributed by atoms with Gasteiger partial charge in [0.15, 0.2) is 0 Å². The number of anilines is 1. The zero-order valence-electron chi connectivity index (χ0n) is 11.0. The number of halogens is 1. The van der Waals surface area contributed by atoms with E-state index < -0.39 is 0 Å². The molecule has 0 spiro atoms. The predicted octanol–water partition coefficient (Wildman–Crippen LogP) is 2.99. The van der Waals surface area contributed by atoms with Gasteiger partial charge in [0.2, 0.25) is 0 Å². The van der Waals surface area contributed by atoms with Gasteiger partial charge in [-0.25, -0.2) is 0 Å². The van der Waals surface area contributed by atoms with Gasteiger partial charge in [-0.05, 0) is 36.9 Å². The molecule has 0 aliphatic rings. The lowest BCUT2D eigenvalue weighted by Gasteiger charge is -2.16. The van der Waals surface area contributed by atoms with Gasteiger partial charge in [0.05, 0.1) is 10.7 Å². The van der Waals surface area contributed by atoms with Gasteiger partial charge in [-0.1, -0.05) is 23.7 Å². The summed E-state index contributed by atoms with van der Waals surface area (Å²) in [6.45, 7) is 1.81. The highest BCUT2D eigenvalue weighted by Gasteiger charge is 2.03. The third-order valence-electron chi connectivity index (χ3n) is 2.99. The summed E-state index contributed by atoms with van der Waals surface area (Å²) in [6, 6.07) is 11.8. The molecule has 0 aliphatic carbocycles. The normalized spacial score (nSPS) is 10.9. The Hall–Kier alpha value is -1.58. The van der Waals surface area contributed by atoms with Crippen LogP contribution in [0.15, 0.2) is 42.6 Å². The van der Waals surface area contributed by atoms with E-state index in [2.05, 4.69) is 16.9 Å². The molecule has 3 nitrogen and oxygen atoms in total. The Balaban J connectivity index is 1.87. The fourth-order valence-electron chi connectivity index (χ4n) is 1.91. The molecule has 0 bridgehead atoms. The average Bonchev–Trinajstić information content (AvgIpc) is 2.42. The van der Waals surface area contributed by atoms with Crippen LogP contribution in [0.25, 0.3) is 0 Å². The van der Waals surface area contributed by atoms with Crippen molar-refractivity contribution in [2.24, 2.45) is 0 Å². The van der Waals surface area contributed by atoms with E-state index in [1.165, 1.54) is 5.56 Å². The Morgan fingerprint density at radius 2 is 2.11 bits per heavy atom. The fraction of sp³-hybridized carbons (Fsp3) is 0.267. The molecule has 0 atom stereocenters. The number of pyridine rings is 1. The van der Waals surface area contributed by atoms with Crippen molar-refractivity contribution in [3.8, 4) is 0 Å². The third kappa shape index (κ3) is 4.23. The summed E-state index contributed by atoms with van der Waals surface area (Å²) in [6.07, 6.45) is 2.77. The quantitative estimate of drug-likeness (QED) is 0.853. The Labute approximate surface area is 119 Å². The summed E-state index contributed by atoms with van der Waals surface area (Å²) in [5.74, 6) is 0. The van der Waals surface area contributed by atoms with Crippen molar-refractivity contribution in [3.05, 3.63) is 58.9 Å². The molecule has 19 heavy (non-hydrogen) atoms. The molecular formula is C15H18ClN3. The van der Waals surface area contributed by atoms with Gasteiger partial charge in [-0.15, -0.1) is 0 Å². The monoisotopic (exact) mass is 275 g/mol. The number of nitrogens with two attached hydrogens (primary N) is 1. The summed E-state index contributed by atoms with van der Waals surface area (Å²) >= 11 is 6.02. The number of hydrogen-bond acceptors (Lipinski definition) is 3. The number of likely N-dealkylation sites (N-methyl/N-ethyl adjacent to an activating group) is 1. The molecule has 0 fully saturated rings. The van der Waals surface area contributed by atoms with Gasteiger partial charge in [0.1, 0.15) is 0 Å². The molecule has 0 aliphatic heterocycles. The van der Waals surface area contributed by atoms with Crippen LogP contribution < -0.4 is 5.73 Å². The zero-order chi connectivity index (χ0) is 13.7. The van der Waals surface area contributed by atoms with E-state index >= 15 is 0 Å². The predicted molar refractivity (Wildman–Crippen MR) is 80.1 cm³/mol. The van der Waals surface area contributed by atoms with E-state index in [1.54, 1.807) is 0 Å². The van der Waals surface area contributed by atoms with Crippen molar-refractivity contribution >= 4 is 17.3 Å². The number of nitrogen functional groups attached to an aromatic ring is 1. The highest BCUT2D eigenvalue weighted by Crippen LogP contribution is 2.20. The van der Waals surface area contributed by atoms with Crippen molar-refractivity contribution in [1.29, 1.82) is 0 Å². The molecule has 0 radical (unpaired) electrons. The Kier molecular flexibility index (Phi) is 4.77. The van der Waals surface area contributed by atoms with Gasteiger partial charge in [-0.3, -0.25) is 4.98 Å². The smallest absolute Gasteiger partial charge is 0.0638 e. The van der Waals surface area contributed by atoms with Gasteiger partial charge >= 0.3 is 0 Å². The first kappa shape index (κ1) is 13.8. The highest BCUT2D eigenvalue weighted by atomic mass is 35.5. The lowest BCUT2D eigenvalue weighted by molar-refractivity contribution is 0.330. The maximum absolute atomic E-state index is 6.02. The molecule has 100 valence electrons. The fourth-order valence-corrected chi connectivity index (χ4v) is 2.11. The SMILES string of the molecule is CN(CCc1ccccn1)Cc1ccc(N)c(Cl)c1. The summed E-state index contributed by atoms with van der Waals surface area (Å²) in [5.41, 5.74) is 8.61. The number of aromatic nitrogens is 1. The second kappa shape index (κ2) is 6.55. The van der Waals surface area contributed by atoms with Gasteiger partial charge in [0.25, 0.3) is 0 Å². The first-order valence-corrected chi connectivity index (χ1v) is 6.65. The van der Waals surface area contributed by atoms with Crippen molar-refractivity contribution in [3.63, 3.8) is 0 Å². The van der Waals surface area contributed by atoms with Crippen LogP contribution in [-0.2, 0) is 13.0 Å². The van der Waals surface area contributed by atoms with Crippen LogP contribution in [-0.4, -0.2) is 23.5 Å². The molecule has 1 aromatic heterocycles. The summed E-state index contributed by atoms with van der Waals surface area (Å²) in [4.78, 5) is 6.57.